The van der Waals surface area contributed by atoms with E-state index in [9.17, 15) is 9.59 Å². The monoisotopic (exact) mass is 260 g/mol. The van der Waals surface area contributed by atoms with Crippen molar-refractivity contribution in [2.45, 2.75) is 44.9 Å². The van der Waals surface area contributed by atoms with Gasteiger partial charge in [0.1, 0.15) is 6.42 Å². The Labute approximate surface area is 113 Å². The number of amides is 2. The van der Waals surface area contributed by atoms with Gasteiger partial charge in [-0.15, -0.1) is 0 Å². The summed E-state index contributed by atoms with van der Waals surface area (Å²) in [6, 6.07) is 1.76. The molecule has 0 saturated heterocycles. The Bertz CT molecular complexity index is 410. The van der Waals surface area contributed by atoms with Crippen LogP contribution in [0.25, 0.3) is 0 Å². The Morgan fingerprint density at radius 3 is 2.11 bits per heavy atom. The van der Waals surface area contributed by atoms with E-state index in [0.29, 0.717) is 24.2 Å². The maximum atomic E-state index is 11.9. The highest BCUT2D eigenvalue weighted by Crippen LogP contribution is 2.57. The Hall–Kier alpha value is -1.37. The number of nitrogens with one attached hydrogen (secondary N) is 1. The van der Waals surface area contributed by atoms with Gasteiger partial charge in [-0.1, -0.05) is 0 Å². The van der Waals surface area contributed by atoms with Crippen LogP contribution in [0.5, 0.6) is 0 Å². The highest BCUT2D eigenvalue weighted by molar-refractivity contribution is 5.96. The van der Waals surface area contributed by atoms with Gasteiger partial charge in [0.25, 0.3) is 0 Å². The summed E-state index contributed by atoms with van der Waals surface area (Å²) < 4.78 is 0. The first-order chi connectivity index (χ1) is 9.15. The van der Waals surface area contributed by atoms with Gasteiger partial charge in [-0.25, -0.2) is 0 Å². The second kappa shape index (κ2) is 4.96. The van der Waals surface area contributed by atoms with Crippen molar-refractivity contribution in [3.05, 3.63) is 0 Å². The van der Waals surface area contributed by atoms with E-state index in [1.54, 1.807) is 6.07 Å². The maximum absolute atomic E-state index is 11.9. The molecular weight excluding hydrogens is 240 g/mol. The summed E-state index contributed by atoms with van der Waals surface area (Å²) in [7, 11) is 0. The summed E-state index contributed by atoms with van der Waals surface area (Å²) >= 11 is 0. The average Bonchev–Trinajstić information content (AvgIpc) is 2.33. The fourth-order valence-corrected chi connectivity index (χ4v) is 4.91. The van der Waals surface area contributed by atoms with Crippen molar-refractivity contribution in [1.29, 1.82) is 5.26 Å². The summed E-state index contributed by atoms with van der Waals surface area (Å²) in [4.78, 5) is 23.1. The van der Waals surface area contributed by atoms with Crippen molar-refractivity contribution in [2.75, 3.05) is 0 Å². The fourth-order valence-electron chi connectivity index (χ4n) is 4.91. The van der Waals surface area contributed by atoms with Gasteiger partial charge in [0.05, 0.1) is 6.07 Å². The van der Waals surface area contributed by atoms with Crippen LogP contribution in [0.15, 0.2) is 0 Å². The maximum Gasteiger partial charge on any atom is 0.240 e. The van der Waals surface area contributed by atoms with Gasteiger partial charge in [-0.05, 0) is 61.7 Å². The van der Waals surface area contributed by atoms with E-state index in [1.165, 1.54) is 32.1 Å². The highest BCUT2D eigenvalue weighted by Gasteiger charge is 2.48. The molecule has 0 atom stereocenters. The molecule has 4 rings (SSSR count). The Morgan fingerprint density at radius 1 is 1.00 bits per heavy atom. The van der Waals surface area contributed by atoms with Crippen LogP contribution in [0.2, 0.25) is 0 Å². The molecule has 1 N–H and O–H groups in total. The molecule has 0 radical (unpaired) electrons. The predicted molar refractivity (Wildman–Crippen MR) is 68.5 cm³/mol. The zero-order chi connectivity index (χ0) is 13.4. The lowest BCUT2D eigenvalue weighted by Crippen LogP contribution is -2.46. The third-order valence-electron chi connectivity index (χ3n) is 5.36. The molecule has 2 amide bonds. The third-order valence-corrected chi connectivity index (χ3v) is 5.36. The summed E-state index contributed by atoms with van der Waals surface area (Å²) in [5.41, 5.74) is 0. The molecule has 4 bridgehead atoms. The molecule has 0 spiro atoms. The second-order valence-corrected chi connectivity index (χ2v) is 6.60. The molecule has 4 nitrogen and oxygen atoms in total. The van der Waals surface area contributed by atoms with Crippen molar-refractivity contribution in [3.8, 4) is 6.07 Å². The van der Waals surface area contributed by atoms with Crippen LogP contribution in [0.1, 0.15) is 44.9 Å². The molecule has 4 aliphatic rings. The number of imide groups is 1. The molecular formula is C15H20N2O2. The van der Waals surface area contributed by atoms with Crippen LogP contribution < -0.4 is 5.32 Å². The number of hydrogen-bond donors (Lipinski definition) is 1. The largest absolute Gasteiger partial charge is 0.296 e. The highest BCUT2D eigenvalue weighted by atomic mass is 16.2. The molecule has 4 saturated carbocycles. The molecule has 0 aliphatic heterocycles. The van der Waals surface area contributed by atoms with Gasteiger partial charge in [0.15, 0.2) is 0 Å². The van der Waals surface area contributed by atoms with Gasteiger partial charge in [0.2, 0.25) is 11.8 Å². The van der Waals surface area contributed by atoms with E-state index >= 15 is 0 Å². The number of nitrogens with zero attached hydrogens (tertiary/aromatic N) is 1. The van der Waals surface area contributed by atoms with E-state index in [2.05, 4.69) is 5.32 Å². The van der Waals surface area contributed by atoms with Crippen molar-refractivity contribution < 1.29 is 9.59 Å². The Balaban J connectivity index is 1.57. The minimum atomic E-state index is -0.462. The van der Waals surface area contributed by atoms with Crippen LogP contribution >= 0.6 is 0 Å². The summed E-state index contributed by atoms with van der Waals surface area (Å²) in [6.45, 7) is 0. The van der Waals surface area contributed by atoms with E-state index in [1.807, 2.05) is 0 Å². The smallest absolute Gasteiger partial charge is 0.240 e. The lowest BCUT2D eigenvalue weighted by Gasteiger charge is -2.54. The van der Waals surface area contributed by atoms with Crippen molar-refractivity contribution in [1.82, 2.24) is 5.32 Å². The molecule has 4 aliphatic carbocycles. The molecule has 0 heterocycles. The van der Waals surface area contributed by atoms with Gasteiger partial charge >= 0.3 is 0 Å². The zero-order valence-corrected chi connectivity index (χ0v) is 11.1. The van der Waals surface area contributed by atoms with Crippen molar-refractivity contribution >= 4 is 11.8 Å². The van der Waals surface area contributed by atoms with Gasteiger partial charge < -0.3 is 0 Å². The van der Waals surface area contributed by atoms with Gasteiger partial charge in [-0.2, -0.15) is 5.26 Å². The minimum Gasteiger partial charge on any atom is -0.296 e. The second-order valence-electron chi connectivity index (χ2n) is 6.60. The van der Waals surface area contributed by atoms with E-state index < -0.39 is 5.91 Å². The van der Waals surface area contributed by atoms with Crippen LogP contribution in [-0.2, 0) is 9.59 Å². The fraction of sp³-hybridized carbons (Fsp3) is 0.800. The van der Waals surface area contributed by atoms with Gasteiger partial charge in [0, 0.05) is 6.42 Å². The number of nitriles is 1. The van der Waals surface area contributed by atoms with Gasteiger partial charge in [-0.3, -0.25) is 14.9 Å². The van der Waals surface area contributed by atoms with Crippen molar-refractivity contribution in [3.63, 3.8) is 0 Å². The number of carbonyl (C=O) groups excluding carboxylic acids is 2. The van der Waals surface area contributed by atoms with Crippen LogP contribution in [0.3, 0.4) is 0 Å². The summed E-state index contributed by atoms with van der Waals surface area (Å²) in [6.07, 6.45) is 6.81. The van der Waals surface area contributed by atoms with Crippen LogP contribution in [-0.4, -0.2) is 11.8 Å². The first kappa shape index (κ1) is 12.7. The summed E-state index contributed by atoms with van der Waals surface area (Å²) in [5.74, 6) is 3.04. The normalized spacial score (nSPS) is 38.8. The lowest BCUT2D eigenvalue weighted by atomic mass is 9.51. The molecule has 4 fully saturated rings. The first-order valence-electron chi connectivity index (χ1n) is 7.35. The quantitative estimate of drug-likeness (QED) is 0.843. The number of rotatable bonds is 3. The third kappa shape index (κ3) is 2.51. The molecule has 0 unspecified atom stereocenters. The Kier molecular flexibility index (Phi) is 3.30. The molecule has 0 aromatic rings. The van der Waals surface area contributed by atoms with Crippen LogP contribution in [0.4, 0.5) is 0 Å². The van der Waals surface area contributed by atoms with Crippen LogP contribution in [0, 0.1) is 40.9 Å². The molecule has 0 aromatic carbocycles. The Morgan fingerprint density at radius 2 is 1.58 bits per heavy atom. The standard InChI is InChI=1S/C15H20N2O2/c16-2-1-14(18)17-15(19)8-13-11-4-9-3-10(6-11)7-12(13)5-9/h9-13H,1,3-8H2,(H,17,18,19). The molecule has 4 heteroatoms. The number of carbonyl (C=O) groups is 2. The van der Waals surface area contributed by atoms with E-state index in [4.69, 9.17) is 5.26 Å². The molecule has 0 aromatic heterocycles. The SMILES string of the molecule is N#CCC(=O)NC(=O)CC1C2CC3CC(C2)CC1C3. The lowest BCUT2D eigenvalue weighted by molar-refractivity contribution is -0.133. The summed E-state index contributed by atoms with van der Waals surface area (Å²) in [5, 5.41) is 10.8. The van der Waals surface area contributed by atoms with E-state index in [-0.39, 0.29) is 12.3 Å². The topological polar surface area (TPSA) is 70.0 Å². The number of hydrogen-bond acceptors (Lipinski definition) is 3. The first-order valence-corrected chi connectivity index (χ1v) is 7.35. The minimum absolute atomic E-state index is 0.183. The average molecular weight is 260 g/mol. The molecule has 102 valence electrons. The van der Waals surface area contributed by atoms with Crippen molar-refractivity contribution in [2.24, 2.45) is 29.6 Å². The predicted octanol–water partition coefficient (Wildman–Crippen LogP) is 2.01. The zero-order valence-electron chi connectivity index (χ0n) is 11.1. The molecule has 19 heavy (non-hydrogen) atoms. The van der Waals surface area contributed by atoms with E-state index in [0.717, 1.165) is 11.8 Å².